The van der Waals surface area contributed by atoms with Crippen molar-refractivity contribution in [2.45, 2.75) is 19.4 Å². The van der Waals surface area contributed by atoms with Crippen molar-refractivity contribution in [3.05, 3.63) is 82.4 Å². The topological polar surface area (TPSA) is 103 Å². The summed E-state index contributed by atoms with van der Waals surface area (Å²) in [6.45, 7) is 2.50. The van der Waals surface area contributed by atoms with Crippen LogP contribution in [0.5, 0.6) is 0 Å². The van der Waals surface area contributed by atoms with Gasteiger partial charge in [-0.2, -0.15) is 4.98 Å². The van der Waals surface area contributed by atoms with Gasteiger partial charge in [0.05, 0.1) is 12.1 Å². The van der Waals surface area contributed by atoms with Crippen molar-refractivity contribution in [2.75, 3.05) is 6.54 Å². The van der Waals surface area contributed by atoms with Crippen molar-refractivity contribution in [2.24, 2.45) is 0 Å². The highest BCUT2D eigenvalue weighted by Gasteiger charge is 2.18. The summed E-state index contributed by atoms with van der Waals surface area (Å²) < 4.78 is 11.6. The van der Waals surface area contributed by atoms with E-state index < -0.39 is 11.7 Å². The van der Waals surface area contributed by atoms with Crippen LogP contribution in [0.25, 0.3) is 11.1 Å². The lowest BCUT2D eigenvalue weighted by atomic mass is 10.0. The Morgan fingerprint density at radius 3 is 2.71 bits per heavy atom. The van der Waals surface area contributed by atoms with Crippen LogP contribution < -0.4 is 11.1 Å². The van der Waals surface area contributed by atoms with Crippen LogP contribution >= 0.6 is 0 Å². The highest BCUT2D eigenvalue weighted by atomic mass is 16.5. The van der Waals surface area contributed by atoms with Crippen molar-refractivity contribution in [3.8, 4) is 0 Å². The molecule has 8 heteroatoms. The molecule has 1 amide bonds. The van der Waals surface area contributed by atoms with Crippen molar-refractivity contribution in [1.29, 1.82) is 0 Å². The number of fused-ring (bicyclic) bond motifs is 1. The molecule has 4 aromatic rings. The minimum Gasteiger partial charge on any atom is -0.408 e. The van der Waals surface area contributed by atoms with Crippen LogP contribution in [0.15, 0.2) is 68.3 Å². The van der Waals surface area contributed by atoms with Crippen LogP contribution in [0.3, 0.4) is 0 Å². The molecule has 8 nitrogen and oxygen atoms in total. The average molecular weight is 378 g/mol. The van der Waals surface area contributed by atoms with Gasteiger partial charge in [0.15, 0.2) is 11.4 Å². The van der Waals surface area contributed by atoms with E-state index >= 15 is 0 Å². The van der Waals surface area contributed by atoms with Crippen LogP contribution in [0.4, 0.5) is 0 Å². The molecule has 0 saturated heterocycles. The normalized spacial score (nSPS) is 12.2. The van der Waals surface area contributed by atoms with Crippen LogP contribution in [-0.4, -0.2) is 27.2 Å². The number of nitrogens with zero attached hydrogens (tertiary/aromatic N) is 3. The number of carbonyl (C=O) groups is 1. The zero-order valence-corrected chi connectivity index (χ0v) is 15.2. The molecule has 1 N–H and O–H groups in total. The quantitative estimate of drug-likeness (QED) is 0.553. The predicted octanol–water partition coefficient (Wildman–Crippen LogP) is 2.56. The van der Waals surface area contributed by atoms with E-state index in [2.05, 4.69) is 15.5 Å². The largest absolute Gasteiger partial charge is 0.420 e. The van der Waals surface area contributed by atoms with Gasteiger partial charge in [-0.15, -0.1) is 0 Å². The van der Waals surface area contributed by atoms with Gasteiger partial charge in [0.2, 0.25) is 0 Å². The number of hydrogen-bond acceptors (Lipinski definition) is 6. The maximum absolute atomic E-state index is 12.3. The summed E-state index contributed by atoms with van der Waals surface area (Å²) in [6, 6.07) is 16.9. The lowest BCUT2D eigenvalue weighted by Crippen LogP contribution is -2.27. The Kier molecular flexibility index (Phi) is 4.76. The molecular weight excluding hydrogens is 360 g/mol. The maximum atomic E-state index is 12.3. The molecule has 4 rings (SSSR count). The van der Waals surface area contributed by atoms with Gasteiger partial charge in [0.25, 0.3) is 0 Å². The first-order valence-corrected chi connectivity index (χ1v) is 8.86. The van der Waals surface area contributed by atoms with E-state index in [9.17, 15) is 9.59 Å². The zero-order valence-electron chi connectivity index (χ0n) is 15.2. The molecule has 142 valence electrons. The highest BCUT2D eigenvalue weighted by molar-refractivity contribution is 5.89. The molecular formula is C20H18N4O4. The summed E-state index contributed by atoms with van der Waals surface area (Å²) in [5.74, 6) is -0.756. The Morgan fingerprint density at radius 1 is 1.14 bits per heavy atom. The number of hydrogen-bond donors (Lipinski definition) is 1. The number of benzene rings is 2. The maximum Gasteiger partial charge on any atom is 0.420 e. The van der Waals surface area contributed by atoms with Gasteiger partial charge >= 0.3 is 17.6 Å². The molecule has 1 atom stereocenters. The molecule has 0 bridgehead atoms. The monoisotopic (exact) mass is 378 g/mol. The van der Waals surface area contributed by atoms with E-state index in [1.807, 2.05) is 37.3 Å². The highest BCUT2D eigenvalue weighted by Crippen LogP contribution is 2.14. The van der Waals surface area contributed by atoms with Gasteiger partial charge < -0.3 is 14.3 Å². The second-order valence-corrected chi connectivity index (χ2v) is 6.46. The van der Waals surface area contributed by atoms with E-state index in [1.165, 1.54) is 4.57 Å². The molecule has 2 aromatic heterocycles. The minimum atomic E-state index is -0.520. The van der Waals surface area contributed by atoms with Crippen LogP contribution in [0, 0.1) is 0 Å². The SMILES string of the molecule is C[C@H](CNC(=O)c1nc(Cn2c(=O)oc3ccccc32)no1)c1ccccc1. The average Bonchev–Trinajstić information content (AvgIpc) is 3.32. The van der Waals surface area contributed by atoms with E-state index in [0.29, 0.717) is 17.6 Å². The molecule has 0 radical (unpaired) electrons. The van der Waals surface area contributed by atoms with Crippen LogP contribution in [0.2, 0.25) is 0 Å². The lowest BCUT2D eigenvalue weighted by molar-refractivity contribution is 0.0907. The standard InChI is InChI=1S/C20H18N4O4/c1-13(14-7-3-2-4-8-14)11-21-18(25)19-22-17(23-28-19)12-24-15-9-5-6-10-16(15)27-20(24)26/h2-10,13H,11-12H2,1H3,(H,21,25)/t13-/m1/s1. The van der Waals surface area contributed by atoms with Gasteiger partial charge in [-0.05, 0) is 23.6 Å². The Bertz CT molecular complexity index is 1160. The summed E-state index contributed by atoms with van der Waals surface area (Å²) in [6.07, 6.45) is 0. The van der Waals surface area contributed by atoms with Crippen molar-refractivity contribution < 1.29 is 13.7 Å². The fraction of sp³-hybridized carbons (Fsp3) is 0.200. The number of carbonyl (C=O) groups excluding carboxylic acids is 1. The number of amides is 1. The fourth-order valence-corrected chi connectivity index (χ4v) is 2.94. The molecule has 0 saturated carbocycles. The Labute approximate surface area is 159 Å². The van der Waals surface area contributed by atoms with E-state index in [-0.39, 0.29) is 24.2 Å². The smallest absolute Gasteiger partial charge is 0.408 e. The molecule has 0 spiro atoms. The summed E-state index contributed by atoms with van der Waals surface area (Å²) in [5.41, 5.74) is 2.23. The number of rotatable bonds is 6. The molecule has 2 aromatic carbocycles. The summed E-state index contributed by atoms with van der Waals surface area (Å²) in [5, 5.41) is 6.59. The van der Waals surface area contributed by atoms with E-state index in [0.717, 1.165) is 5.56 Å². The number of oxazole rings is 1. The Balaban J connectivity index is 1.43. The second kappa shape index (κ2) is 7.51. The van der Waals surface area contributed by atoms with Crippen molar-refractivity contribution >= 4 is 17.0 Å². The Hall–Kier alpha value is -3.68. The lowest BCUT2D eigenvalue weighted by Gasteiger charge is -2.11. The third-order valence-electron chi connectivity index (χ3n) is 4.47. The molecule has 0 aliphatic heterocycles. The third kappa shape index (κ3) is 3.57. The second-order valence-electron chi connectivity index (χ2n) is 6.46. The summed E-state index contributed by atoms with van der Waals surface area (Å²) >= 11 is 0. The zero-order chi connectivity index (χ0) is 19.5. The first kappa shape index (κ1) is 17.7. The summed E-state index contributed by atoms with van der Waals surface area (Å²) in [4.78, 5) is 28.4. The molecule has 0 aliphatic carbocycles. The minimum absolute atomic E-state index is 0.0487. The van der Waals surface area contributed by atoms with Gasteiger partial charge in [-0.25, -0.2) is 4.79 Å². The first-order chi connectivity index (χ1) is 13.6. The predicted molar refractivity (Wildman–Crippen MR) is 101 cm³/mol. The number of nitrogens with one attached hydrogen (secondary N) is 1. The third-order valence-corrected chi connectivity index (χ3v) is 4.47. The van der Waals surface area contributed by atoms with Gasteiger partial charge in [-0.3, -0.25) is 9.36 Å². The van der Waals surface area contributed by atoms with Gasteiger partial charge in [0, 0.05) is 6.54 Å². The van der Waals surface area contributed by atoms with E-state index in [1.54, 1.807) is 24.3 Å². The van der Waals surface area contributed by atoms with Crippen molar-refractivity contribution in [3.63, 3.8) is 0 Å². The molecule has 0 aliphatic rings. The Morgan fingerprint density at radius 2 is 1.89 bits per heavy atom. The molecule has 0 fully saturated rings. The van der Waals surface area contributed by atoms with Crippen molar-refractivity contribution in [1.82, 2.24) is 20.0 Å². The number of para-hydroxylation sites is 2. The van der Waals surface area contributed by atoms with Gasteiger partial charge in [0.1, 0.15) is 0 Å². The molecule has 0 unspecified atom stereocenters. The van der Waals surface area contributed by atoms with Crippen LogP contribution in [0.1, 0.15) is 34.9 Å². The van der Waals surface area contributed by atoms with Gasteiger partial charge in [-0.1, -0.05) is 54.5 Å². The molecule has 2 heterocycles. The summed E-state index contributed by atoms with van der Waals surface area (Å²) in [7, 11) is 0. The fourth-order valence-electron chi connectivity index (χ4n) is 2.94. The van der Waals surface area contributed by atoms with E-state index in [4.69, 9.17) is 8.94 Å². The number of aromatic nitrogens is 3. The molecule has 28 heavy (non-hydrogen) atoms. The van der Waals surface area contributed by atoms with Crippen LogP contribution in [-0.2, 0) is 6.54 Å². The first-order valence-electron chi connectivity index (χ1n) is 8.86.